The van der Waals surface area contributed by atoms with Crippen LogP contribution in [-0.2, 0) is 14.8 Å². The van der Waals surface area contributed by atoms with Crippen molar-refractivity contribution in [2.24, 2.45) is 0 Å². The van der Waals surface area contributed by atoms with Crippen LogP contribution in [0.2, 0.25) is 0 Å². The highest BCUT2D eigenvalue weighted by molar-refractivity contribution is 7.88. The van der Waals surface area contributed by atoms with E-state index in [0.717, 1.165) is 0 Å². The van der Waals surface area contributed by atoms with E-state index in [2.05, 4.69) is 0 Å². The number of amides is 1. The summed E-state index contributed by atoms with van der Waals surface area (Å²) in [5.41, 5.74) is 0. The Hall–Kier alpha value is -0.330. The molecule has 15 heavy (non-hydrogen) atoms. The van der Waals surface area contributed by atoms with E-state index >= 15 is 0 Å². The zero-order valence-electron chi connectivity index (χ0n) is 8.81. The van der Waals surface area contributed by atoms with E-state index in [1.807, 2.05) is 0 Å². The van der Waals surface area contributed by atoms with Crippen molar-refractivity contribution in [1.29, 1.82) is 0 Å². The van der Waals surface area contributed by atoms with E-state index < -0.39 is 15.4 Å². The summed E-state index contributed by atoms with van der Waals surface area (Å²) in [7, 11) is -3.13. The molecule has 1 aliphatic heterocycles. The highest BCUT2D eigenvalue weighted by atomic mass is 35.5. The van der Waals surface area contributed by atoms with Crippen LogP contribution in [-0.4, -0.2) is 61.3 Å². The molecular weight excluding hydrogens is 240 g/mol. The molecule has 88 valence electrons. The Morgan fingerprint density at radius 2 is 1.73 bits per heavy atom. The Morgan fingerprint density at radius 1 is 1.27 bits per heavy atom. The predicted molar refractivity (Wildman–Crippen MR) is 58.3 cm³/mol. The Balaban J connectivity index is 2.53. The van der Waals surface area contributed by atoms with Crippen LogP contribution in [0.15, 0.2) is 0 Å². The zero-order valence-corrected chi connectivity index (χ0v) is 10.4. The van der Waals surface area contributed by atoms with Gasteiger partial charge in [-0.1, -0.05) is 0 Å². The maximum absolute atomic E-state index is 11.5. The SMILES string of the molecule is CC(Cl)C(=O)N1CCN(S(C)(=O)=O)CC1. The van der Waals surface area contributed by atoms with Crippen molar-refractivity contribution in [3.63, 3.8) is 0 Å². The highest BCUT2D eigenvalue weighted by Crippen LogP contribution is 2.09. The van der Waals surface area contributed by atoms with Crippen molar-refractivity contribution in [3.8, 4) is 0 Å². The van der Waals surface area contributed by atoms with Gasteiger partial charge in [-0.05, 0) is 6.92 Å². The molecule has 0 saturated carbocycles. The zero-order chi connectivity index (χ0) is 11.6. The summed E-state index contributed by atoms with van der Waals surface area (Å²) in [6.45, 7) is 3.17. The Kier molecular flexibility index (Phi) is 3.97. The average Bonchev–Trinajstić information content (AvgIpc) is 2.15. The third kappa shape index (κ3) is 3.32. The van der Waals surface area contributed by atoms with Gasteiger partial charge in [-0.15, -0.1) is 11.6 Å². The molecule has 0 radical (unpaired) electrons. The lowest BCUT2D eigenvalue weighted by molar-refractivity contribution is -0.131. The van der Waals surface area contributed by atoms with Crippen molar-refractivity contribution >= 4 is 27.5 Å². The minimum atomic E-state index is -3.13. The number of halogens is 1. The van der Waals surface area contributed by atoms with Crippen molar-refractivity contribution < 1.29 is 13.2 Å². The van der Waals surface area contributed by atoms with Gasteiger partial charge in [-0.25, -0.2) is 8.42 Å². The van der Waals surface area contributed by atoms with Gasteiger partial charge in [0.05, 0.1) is 6.26 Å². The standard InChI is InChI=1S/C8H15ClN2O3S/c1-7(9)8(12)10-3-5-11(6-4-10)15(2,13)14/h7H,3-6H2,1-2H3. The van der Waals surface area contributed by atoms with Crippen LogP contribution in [0.4, 0.5) is 0 Å². The summed E-state index contributed by atoms with van der Waals surface area (Å²) in [4.78, 5) is 13.1. The maximum atomic E-state index is 11.5. The Morgan fingerprint density at radius 3 is 2.07 bits per heavy atom. The molecule has 0 spiro atoms. The molecule has 0 aliphatic carbocycles. The number of sulfonamides is 1. The minimum absolute atomic E-state index is 0.134. The number of piperazine rings is 1. The molecule has 0 aromatic carbocycles. The molecule has 0 N–H and O–H groups in total. The number of nitrogens with zero attached hydrogens (tertiary/aromatic N) is 2. The van der Waals surface area contributed by atoms with E-state index in [1.165, 1.54) is 10.6 Å². The fourth-order valence-corrected chi connectivity index (χ4v) is 2.46. The van der Waals surface area contributed by atoms with E-state index in [9.17, 15) is 13.2 Å². The molecule has 0 aromatic heterocycles. The lowest BCUT2D eigenvalue weighted by Crippen LogP contribution is -2.51. The van der Waals surface area contributed by atoms with Crippen LogP contribution in [0, 0.1) is 0 Å². The fourth-order valence-electron chi connectivity index (χ4n) is 1.49. The summed E-state index contributed by atoms with van der Waals surface area (Å²) in [6.07, 6.45) is 1.18. The number of hydrogen-bond acceptors (Lipinski definition) is 3. The molecule has 1 atom stereocenters. The molecule has 5 nitrogen and oxygen atoms in total. The number of alkyl halides is 1. The lowest BCUT2D eigenvalue weighted by atomic mass is 10.3. The fraction of sp³-hybridized carbons (Fsp3) is 0.875. The number of carbonyl (C=O) groups is 1. The van der Waals surface area contributed by atoms with E-state index in [-0.39, 0.29) is 5.91 Å². The maximum Gasteiger partial charge on any atom is 0.240 e. The smallest absolute Gasteiger partial charge is 0.240 e. The van der Waals surface area contributed by atoms with E-state index in [4.69, 9.17) is 11.6 Å². The third-order valence-corrected chi connectivity index (χ3v) is 3.85. The molecular formula is C8H15ClN2O3S. The van der Waals surface area contributed by atoms with Gasteiger partial charge >= 0.3 is 0 Å². The summed E-state index contributed by atoms with van der Waals surface area (Å²) in [5.74, 6) is -0.134. The second-order valence-electron chi connectivity index (χ2n) is 3.60. The van der Waals surface area contributed by atoms with Crippen molar-refractivity contribution in [3.05, 3.63) is 0 Å². The van der Waals surface area contributed by atoms with Gasteiger partial charge in [0.2, 0.25) is 15.9 Å². The van der Waals surface area contributed by atoms with Gasteiger partial charge in [0.15, 0.2) is 0 Å². The first kappa shape index (κ1) is 12.7. The molecule has 1 heterocycles. The molecule has 0 aromatic rings. The van der Waals surface area contributed by atoms with Crippen LogP contribution < -0.4 is 0 Å². The average molecular weight is 255 g/mol. The summed E-state index contributed by atoms with van der Waals surface area (Å²) >= 11 is 5.66. The predicted octanol–water partition coefficient (Wildman–Crippen LogP) is -0.282. The largest absolute Gasteiger partial charge is 0.339 e. The second-order valence-corrected chi connectivity index (χ2v) is 6.24. The normalized spacial score (nSPS) is 21.4. The van der Waals surface area contributed by atoms with Gasteiger partial charge in [0.25, 0.3) is 0 Å². The van der Waals surface area contributed by atoms with Gasteiger partial charge < -0.3 is 4.90 Å². The molecule has 1 unspecified atom stereocenters. The molecule has 1 fully saturated rings. The van der Waals surface area contributed by atoms with Gasteiger partial charge in [0, 0.05) is 26.2 Å². The first-order valence-electron chi connectivity index (χ1n) is 4.70. The molecule has 0 bridgehead atoms. The quantitative estimate of drug-likeness (QED) is 0.637. The lowest BCUT2D eigenvalue weighted by Gasteiger charge is -2.33. The van der Waals surface area contributed by atoms with Crippen LogP contribution >= 0.6 is 11.6 Å². The Labute approximate surface area is 95.0 Å². The molecule has 1 amide bonds. The van der Waals surface area contributed by atoms with Gasteiger partial charge in [-0.3, -0.25) is 4.79 Å². The van der Waals surface area contributed by atoms with Crippen molar-refractivity contribution in [1.82, 2.24) is 9.21 Å². The van der Waals surface area contributed by atoms with E-state index in [1.54, 1.807) is 11.8 Å². The van der Waals surface area contributed by atoms with Crippen molar-refractivity contribution in [2.75, 3.05) is 32.4 Å². The Bertz CT molecular complexity index is 334. The second kappa shape index (κ2) is 4.67. The molecule has 1 saturated heterocycles. The number of hydrogen-bond donors (Lipinski definition) is 0. The first-order chi connectivity index (χ1) is 6.82. The number of carbonyl (C=O) groups excluding carboxylic acids is 1. The topological polar surface area (TPSA) is 57.7 Å². The monoisotopic (exact) mass is 254 g/mol. The molecule has 1 rings (SSSR count). The molecule has 1 aliphatic rings. The first-order valence-corrected chi connectivity index (χ1v) is 6.99. The van der Waals surface area contributed by atoms with Gasteiger partial charge in [-0.2, -0.15) is 4.31 Å². The number of rotatable bonds is 2. The van der Waals surface area contributed by atoms with Crippen LogP contribution in [0.1, 0.15) is 6.92 Å². The van der Waals surface area contributed by atoms with Crippen LogP contribution in [0.25, 0.3) is 0 Å². The van der Waals surface area contributed by atoms with Gasteiger partial charge in [0.1, 0.15) is 5.38 Å². The summed E-state index contributed by atoms with van der Waals surface area (Å²) in [6, 6.07) is 0. The minimum Gasteiger partial charge on any atom is -0.339 e. The van der Waals surface area contributed by atoms with Crippen LogP contribution in [0.5, 0.6) is 0 Å². The van der Waals surface area contributed by atoms with E-state index in [0.29, 0.717) is 26.2 Å². The summed E-state index contributed by atoms with van der Waals surface area (Å²) in [5, 5.41) is -0.546. The highest BCUT2D eigenvalue weighted by Gasteiger charge is 2.27. The molecule has 7 heteroatoms. The van der Waals surface area contributed by atoms with Crippen LogP contribution in [0.3, 0.4) is 0 Å². The van der Waals surface area contributed by atoms with Crippen molar-refractivity contribution in [2.45, 2.75) is 12.3 Å². The third-order valence-electron chi connectivity index (χ3n) is 2.36. The summed E-state index contributed by atoms with van der Waals surface area (Å²) < 4.78 is 23.8.